The number of nitrogens with one attached hydrogen (secondary N) is 2. The Morgan fingerprint density at radius 2 is 2.05 bits per heavy atom. The van der Waals surface area contributed by atoms with E-state index in [1.165, 1.54) is 11.3 Å². The van der Waals surface area contributed by atoms with E-state index in [-0.39, 0.29) is 12.1 Å². The molecular formula is C16H22N2O2. The summed E-state index contributed by atoms with van der Waals surface area (Å²) in [6.07, 6.45) is 1.63. The van der Waals surface area contributed by atoms with Gasteiger partial charge in [-0.15, -0.1) is 0 Å². The molecule has 108 valence electrons. The second-order valence-corrected chi connectivity index (χ2v) is 6.76. The van der Waals surface area contributed by atoms with Crippen LogP contribution < -0.4 is 10.6 Å². The van der Waals surface area contributed by atoms with E-state index in [4.69, 9.17) is 4.74 Å². The van der Waals surface area contributed by atoms with Gasteiger partial charge in [-0.3, -0.25) is 0 Å². The molecule has 1 aromatic carbocycles. The van der Waals surface area contributed by atoms with Gasteiger partial charge in [-0.2, -0.15) is 0 Å². The summed E-state index contributed by atoms with van der Waals surface area (Å²) in [7, 11) is 0. The van der Waals surface area contributed by atoms with E-state index in [2.05, 4.69) is 34.9 Å². The van der Waals surface area contributed by atoms with Gasteiger partial charge in [0.2, 0.25) is 0 Å². The Hall–Kier alpha value is -1.71. The molecule has 3 atom stereocenters. The van der Waals surface area contributed by atoms with Crippen LogP contribution in [0.1, 0.15) is 45.1 Å². The fourth-order valence-electron chi connectivity index (χ4n) is 3.28. The molecule has 0 aromatic heterocycles. The summed E-state index contributed by atoms with van der Waals surface area (Å²) in [4.78, 5) is 11.8. The van der Waals surface area contributed by atoms with Crippen LogP contribution in [0.4, 0.5) is 10.5 Å². The molecule has 0 bridgehead atoms. The molecule has 0 radical (unpaired) electrons. The van der Waals surface area contributed by atoms with Crippen LogP contribution in [0, 0.1) is 0 Å². The number of alkyl carbamates (subject to hydrolysis) is 1. The highest BCUT2D eigenvalue weighted by Gasteiger charge is 2.41. The van der Waals surface area contributed by atoms with Gasteiger partial charge in [0.1, 0.15) is 5.60 Å². The van der Waals surface area contributed by atoms with Gasteiger partial charge < -0.3 is 15.4 Å². The van der Waals surface area contributed by atoms with Gasteiger partial charge >= 0.3 is 6.09 Å². The first-order chi connectivity index (χ1) is 9.42. The molecule has 1 heterocycles. The molecule has 1 unspecified atom stereocenters. The predicted molar refractivity (Wildman–Crippen MR) is 79.0 cm³/mol. The van der Waals surface area contributed by atoms with E-state index in [1.54, 1.807) is 0 Å². The Labute approximate surface area is 119 Å². The first-order valence-electron chi connectivity index (χ1n) is 7.27. The molecule has 3 rings (SSSR count). The lowest BCUT2D eigenvalue weighted by atomic mass is 9.97. The van der Waals surface area contributed by atoms with E-state index in [9.17, 15) is 4.79 Å². The quantitative estimate of drug-likeness (QED) is 0.826. The highest BCUT2D eigenvalue weighted by Crippen LogP contribution is 2.45. The second kappa shape index (κ2) is 4.69. The van der Waals surface area contributed by atoms with Crippen molar-refractivity contribution in [2.24, 2.45) is 0 Å². The molecule has 1 saturated carbocycles. The van der Waals surface area contributed by atoms with Crippen molar-refractivity contribution < 1.29 is 9.53 Å². The van der Waals surface area contributed by atoms with Crippen LogP contribution >= 0.6 is 0 Å². The molecule has 1 fully saturated rings. The lowest BCUT2D eigenvalue weighted by Gasteiger charge is -2.22. The Morgan fingerprint density at radius 1 is 1.30 bits per heavy atom. The number of carbonyl (C=O) groups is 1. The minimum absolute atomic E-state index is 0.195. The number of hydrogen-bond donors (Lipinski definition) is 2. The Morgan fingerprint density at radius 3 is 2.80 bits per heavy atom. The zero-order chi connectivity index (χ0) is 14.3. The molecule has 1 aliphatic heterocycles. The van der Waals surface area contributed by atoms with Crippen LogP contribution in [-0.2, 0) is 4.74 Å². The molecule has 4 nitrogen and oxygen atoms in total. The van der Waals surface area contributed by atoms with Crippen molar-refractivity contribution in [1.29, 1.82) is 0 Å². The summed E-state index contributed by atoms with van der Waals surface area (Å²) in [6, 6.07) is 9.08. The average molecular weight is 274 g/mol. The maximum atomic E-state index is 11.8. The van der Waals surface area contributed by atoms with Crippen LogP contribution in [0.5, 0.6) is 0 Å². The van der Waals surface area contributed by atoms with Crippen LogP contribution in [0.25, 0.3) is 0 Å². The first kappa shape index (κ1) is 13.3. The van der Waals surface area contributed by atoms with Gasteiger partial charge in [0, 0.05) is 23.7 Å². The van der Waals surface area contributed by atoms with E-state index < -0.39 is 5.60 Å². The lowest BCUT2D eigenvalue weighted by molar-refractivity contribution is 0.0505. The molecule has 2 N–H and O–H groups in total. The lowest BCUT2D eigenvalue weighted by Crippen LogP contribution is -2.38. The maximum Gasteiger partial charge on any atom is 0.407 e. The molecule has 1 aliphatic carbocycles. The molecule has 4 heteroatoms. The fourth-order valence-corrected chi connectivity index (χ4v) is 3.28. The van der Waals surface area contributed by atoms with Crippen molar-refractivity contribution in [3.63, 3.8) is 0 Å². The van der Waals surface area contributed by atoms with Gasteiger partial charge in [-0.1, -0.05) is 18.2 Å². The first-order valence-corrected chi connectivity index (χ1v) is 7.27. The number of hydrogen-bond acceptors (Lipinski definition) is 3. The summed E-state index contributed by atoms with van der Waals surface area (Å²) in [5, 5.41) is 6.55. The summed E-state index contributed by atoms with van der Waals surface area (Å²) >= 11 is 0. The molecule has 0 spiro atoms. The van der Waals surface area contributed by atoms with Crippen LogP contribution in [0.2, 0.25) is 0 Å². The smallest absolute Gasteiger partial charge is 0.407 e. The van der Waals surface area contributed by atoms with Crippen molar-refractivity contribution in [3.8, 4) is 0 Å². The summed E-state index contributed by atoms with van der Waals surface area (Å²) in [5.41, 5.74) is 2.19. The molecule has 1 aromatic rings. The molecule has 0 saturated heterocycles. The maximum absolute atomic E-state index is 11.8. The number of ether oxygens (including phenoxy) is 1. The van der Waals surface area contributed by atoms with Crippen LogP contribution in [0.15, 0.2) is 24.3 Å². The summed E-state index contributed by atoms with van der Waals surface area (Å²) < 4.78 is 5.32. The highest BCUT2D eigenvalue weighted by molar-refractivity contribution is 5.68. The third-order valence-corrected chi connectivity index (χ3v) is 3.98. The van der Waals surface area contributed by atoms with Gasteiger partial charge in [-0.25, -0.2) is 4.79 Å². The number of amides is 1. The van der Waals surface area contributed by atoms with E-state index in [1.807, 2.05) is 20.8 Å². The van der Waals surface area contributed by atoms with E-state index in [0.717, 1.165) is 12.8 Å². The van der Waals surface area contributed by atoms with Crippen LogP contribution in [-0.4, -0.2) is 23.8 Å². The standard InChI is InChI=1S/C16H22N2O2/c1-16(2,3)20-15(19)17-10-8-12-11-6-4-5-7-13(11)18-14(12)9-10/h4-7,10,12,14,18H,8-9H2,1-3H3,(H,17,19)/t10?,12-,14-/m1/s1. The third-order valence-electron chi connectivity index (χ3n) is 3.98. The monoisotopic (exact) mass is 274 g/mol. The second-order valence-electron chi connectivity index (χ2n) is 6.76. The highest BCUT2D eigenvalue weighted by atomic mass is 16.6. The van der Waals surface area contributed by atoms with Gasteiger partial charge in [0.15, 0.2) is 0 Å². The van der Waals surface area contributed by atoms with Crippen molar-refractivity contribution in [1.82, 2.24) is 5.32 Å². The van der Waals surface area contributed by atoms with Gasteiger partial charge in [-0.05, 0) is 45.2 Å². The van der Waals surface area contributed by atoms with Crippen molar-refractivity contribution in [2.75, 3.05) is 5.32 Å². The normalized spacial score (nSPS) is 27.4. The number of fused-ring (bicyclic) bond motifs is 3. The fraction of sp³-hybridized carbons (Fsp3) is 0.562. The number of rotatable bonds is 1. The Bertz CT molecular complexity index is 521. The van der Waals surface area contributed by atoms with Gasteiger partial charge in [0.25, 0.3) is 0 Å². The molecule has 2 aliphatic rings. The predicted octanol–water partition coefficient (Wildman–Crippen LogP) is 3.25. The van der Waals surface area contributed by atoms with Crippen molar-refractivity contribution in [2.45, 2.75) is 57.2 Å². The topological polar surface area (TPSA) is 50.4 Å². The number of carbonyl (C=O) groups excluding carboxylic acids is 1. The minimum Gasteiger partial charge on any atom is -0.444 e. The van der Waals surface area contributed by atoms with Crippen molar-refractivity contribution in [3.05, 3.63) is 29.8 Å². The largest absolute Gasteiger partial charge is 0.444 e. The zero-order valence-electron chi connectivity index (χ0n) is 12.3. The summed E-state index contributed by atoms with van der Waals surface area (Å²) in [6.45, 7) is 5.65. The van der Waals surface area contributed by atoms with E-state index >= 15 is 0 Å². The number of anilines is 1. The average Bonchev–Trinajstić information content (AvgIpc) is 2.83. The third kappa shape index (κ3) is 2.60. The minimum atomic E-state index is -0.441. The van der Waals surface area contributed by atoms with Gasteiger partial charge in [0.05, 0.1) is 0 Å². The zero-order valence-corrected chi connectivity index (χ0v) is 12.3. The Kier molecular flexibility index (Phi) is 3.11. The SMILES string of the molecule is CC(C)(C)OC(=O)NC1C[C@@H]2c3ccccc3N[C@@H]2C1. The number of benzene rings is 1. The molecule has 20 heavy (non-hydrogen) atoms. The van der Waals surface area contributed by atoms with Crippen LogP contribution in [0.3, 0.4) is 0 Å². The van der Waals surface area contributed by atoms with Crippen molar-refractivity contribution >= 4 is 11.8 Å². The van der Waals surface area contributed by atoms with E-state index in [0.29, 0.717) is 12.0 Å². The Balaban J connectivity index is 1.61. The summed E-state index contributed by atoms with van der Waals surface area (Å²) in [5.74, 6) is 0.506. The number of para-hydroxylation sites is 1. The molecular weight excluding hydrogens is 252 g/mol. The molecule has 1 amide bonds.